The van der Waals surface area contributed by atoms with Gasteiger partial charge in [-0.15, -0.1) is 0 Å². The fraction of sp³-hybridized carbons (Fsp3) is 0.0714. The average Bonchev–Trinajstić information content (AvgIpc) is 2.77. The van der Waals surface area contributed by atoms with E-state index in [9.17, 15) is 4.79 Å². The molecule has 2 aromatic rings. The SMILES string of the molecule is C/C(=C\c1ccc(-c2ccc(Cl)cc2Cl)o1)C(=O)O. The van der Waals surface area contributed by atoms with Crippen molar-refractivity contribution in [3.05, 3.63) is 51.7 Å². The minimum atomic E-state index is -0.984. The Morgan fingerprint density at radius 3 is 2.63 bits per heavy atom. The van der Waals surface area contributed by atoms with Crippen LogP contribution in [-0.2, 0) is 4.79 Å². The van der Waals surface area contributed by atoms with Crippen LogP contribution in [0.3, 0.4) is 0 Å². The summed E-state index contributed by atoms with van der Waals surface area (Å²) in [6.45, 7) is 1.50. The van der Waals surface area contributed by atoms with Gasteiger partial charge in [-0.25, -0.2) is 4.79 Å². The fourth-order valence-corrected chi connectivity index (χ4v) is 2.04. The van der Waals surface area contributed by atoms with Gasteiger partial charge in [0.25, 0.3) is 0 Å². The molecule has 19 heavy (non-hydrogen) atoms. The quantitative estimate of drug-likeness (QED) is 0.832. The predicted molar refractivity (Wildman–Crippen MR) is 75.5 cm³/mol. The van der Waals surface area contributed by atoms with Gasteiger partial charge in [0, 0.05) is 16.2 Å². The van der Waals surface area contributed by atoms with Crippen molar-refractivity contribution < 1.29 is 14.3 Å². The van der Waals surface area contributed by atoms with E-state index in [0.717, 1.165) is 0 Å². The van der Waals surface area contributed by atoms with Crippen molar-refractivity contribution in [2.24, 2.45) is 0 Å². The highest BCUT2D eigenvalue weighted by Gasteiger charge is 2.09. The van der Waals surface area contributed by atoms with Crippen LogP contribution in [-0.4, -0.2) is 11.1 Å². The third kappa shape index (κ3) is 3.19. The molecule has 0 unspecified atom stereocenters. The molecule has 2 rings (SSSR count). The number of furan rings is 1. The number of rotatable bonds is 3. The summed E-state index contributed by atoms with van der Waals surface area (Å²) in [6.07, 6.45) is 1.45. The van der Waals surface area contributed by atoms with Gasteiger partial charge in [-0.3, -0.25) is 0 Å². The van der Waals surface area contributed by atoms with Crippen LogP contribution in [0.4, 0.5) is 0 Å². The molecule has 0 saturated heterocycles. The molecular weight excluding hydrogens is 287 g/mol. The van der Waals surface area contributed by atoms with Gasteiger partial charge >= 0.3 is 5.97 Å². The van der Waals surface area contributed by atoms with E-state index in [0.29, 0.717) is 27.1 Å². The molecule has 1 N–H and O–H groups in total. The van der Waals surface area contributed by atoms with Gasteiger partial charge in [-0.1, -0.05) is 23.2 Å². The third-order valence-electron chi connectivity index (χ3n) is 2.52. The normalized spacial score (nSPS) is 11.6. The maximum atomic E-state index is 10.7. The maximum Gasteiger partial charge on any atom is 0.331 e. The predicted octanol–water partition coefficient (Wildman–Crippen LogP) is 4.74. The first kappa shape index (κ1) is 13.7. The molecule has 0 aliphatic rings. The molecule has 0 amide bonds. The number of carboxylic acids is 1. The van der Waals surface area contributed by atoms with E-state index in [1.54, 1.807) is 30.3 Å². The summed E-state index contributed by atoms with van der Waals surface area (Å²) < 4.78 is 5.54. The number of carboxylic acid groups (broad SMARTS) is 1. The lowest BCUT2D eigenvalue weighted by molar-refractivity contribution is -0.132. The van der Waals surface area contributed by atoms with E-state index in [1.165, 1.54) is 13.0 Å². The van der Waals surface area contributed by atoms with Crippen LogP contribution in [0.1, 0.15) is 12.7 Å². The summed E-state index contributed by atoms with van der Waals surface area (Å²) in [5.74, 6) is 0.0366. The molecule has 3 nitrogen and oxygen atoms in total. The van der Waals surface area contributed by atoms with Crippen molar-refractivity contribution in [1.29, 1.82) is 0 Å². The Hall–Kier alpha value is -1.71. The van der Waals surface area contributed by atoms with Crippen LogP contribution in [0.15, 0.2) is 40.3 Å². The largest absolute Gasteiger partial charge is 0.478 e. The van der Waals surface area contributed by atoms with Crippen LogP contribution in [0.5, 0.6) is 0 Å². The van der Waals surface area contributed by atoms with E-state index in [2.05, 4.69) is 0 Å². The molecule has 0 saturated carbocycles. The van der Waals surface area contributed by atoms with Crippen molar-refractivity contribution in [1.82, 2.24) is 0 Å². The lowest BCUT2D eigenvalue weighted by Crippen LogP contribution is -1.94. The molecule has 5 heteroatoms. The van der Waals surface area contributed by atoms with Gasteiger partial charge in [0.1, 0.15) is 11.5 Å². The van der Waals surface area contributed by atoms with Crippen molar-refractivity contribution in [2.75, 3.05) is 0 Å². The number of aliphatic carboxylic acids is 1. The van der Waals surface area contributed by atoms with Gasteiger partial charge in [-0.05, 0) is 43.3 Å². The first-order chi connectivity index (χ1) is 8.97. The monoisotopic (exact) mass is 296 g/mol. The third-order valence-corrected chi connectivity index (χ3v) is 3.07. The van der Waals surface area contributed by atoms with Crippen molar-refractivity contribution in [2.45, 2.75) is 6.92 Å². The van der Waals surface area contributed by atoms with Crippen LogP contribution in [0, 0.1) is 0 Å². The van der Waals surface area contributed by atoms with E-state index >= 15 is 0 Å². The van der Waals surface area contributed by atoms with Gasteiger partial charge in [-0.2, -0.15) is 0 Å². The van der Waals surface area contributed by atoms with E-state index in [-0.39, 0.29) is 5.57 Å². The van der Waals surface area contributed by atoms with Crippen LogP contribution in [0.2, 0.25) is 10.0 Å². The highest BCUT2D eigenvalue weighted by atomic mass is 35.5. The Balaban J connectivity index is 2.36. The van der Waals surface area contributed by atoms with E-state index in [1.807, 2.05) is 0 Å². The summed E-state index contributed by atoms with van der Waals surface area (Å²) in [6, 6.07) is 8.51. The molecular formula is C14H10Cl2O3. The highest BCUT2D eigenvalue weighted by Crippen LogP contribution is 2.31. The Labute approximate surface area is 120 Å². The lowest BCUT2D eigenvalue weighted by atomic mass is 10.2. The molecule has 1 heterocycles. The molecule has 0 radical (unpaired) electrons. The van der Waals surface area contributed by atoms with Gasteiger partial charge < -0.3 is 9.52 Å². The minimum Gasteiger partial charge on any atom is -0.478 e. The van der Waals surface area contributed by atoms with Gasteiger partial charge in [0.05, 0.1) is 5.02 Å². The van der Waals surface area contributed by atoms with E-state index < -0.39 is 5.97 Å². The zero-order valence-corrected chi connectivity index (χ0v) is 11.5. The second-order valence-electron chi connectivity index (χ2n) is 3.96. The fourth-order valence-electron chi connectivity index (χ4n) is 1.54. The standard InChI is InChI=1S/C14H10Cl2O3/c1-8(14(17)18)6-10-3-5-13(19-10)11-4-2-9(15)7-12(11)16/h2-7H,1H3,(H,17,18)/b8-6+. The summed E-state index contributed by atoms with van der Waals surface area (Å²) in [4.78, 5) is 10.7. The molecule has 0 fully saturated rings. The molecule has 0 bridgehead atoms. The average molecular weight is 297 g/mol. The molecule has 0 atom stereocenters. The molecule has 0 aliphatic heterocycles. The zero-order valence-electron chi connectivity index (χ0n) is 9.98. The van der Waals surface area contributed by atoms with Crippen LogP contribution < -0.4 is 0 Å². The maximum absolute atomic E-state index is 10.7. The first-order valence-corrected chi connectivity index (χ1v) is 6.20. The number of benzene rings is 1. The second kappa shape index (κ2) is 5.51. The molecule has 1 aromatic carbocycles. The Kier molecular flexibility index (Phi) is 3.98. The number of hydrogen-bond acceptors (Lipinski definition) is 2. The van der Waals surface area contributed by atoms with Crippen molar-refractivity contribution >= 4 is 35.2 Å². The molecule has 0 spiro atoms. The number of hydrogen-bond donors (Lipinski definition) is 1. The van der Waals surface area contributed by atoms with E-state index in [4.69, 9.17) is 32.7 Å². The first-order valence-electron chi connectivity index (χ1n) is 5.44. The summed E-state index contributed by atoms with van der Waals surface area (Å²) in [5.41, 5.74) is 0.904. The summed E-state index contributed by atoms with van der Waals surface area (Å²) in [5, 5.41) is 9.82. The highest BCUT2D eigenvalue weighted by molar-refractivity contribution is 6.36. The summed E-state index contributed by atoms with van der Waals surface area (Å²) in [7, 11) is 0. The smallest absolute Gasteiger partial charge is 0.331 e. The zero-order chi connectivity index (χ0) is 14.0. The topological polar surface area (TPSA) is 50.4 Å². The van der Waals surface area contributed by atoms with Crippen molar-refractivity contribution in [3.63, 3.8) is 0 Å². The summed E-state index contributed by atoms with van der Waals surface area (Å²) >= 11 is 11.9. The lowest BCUT2D eigenvalue weighted by Gasteiger charge is -2.00. The Morgan fingerprint density at radius 1 is 1.26 bits per heavy atom. The molecule has 98 valence electrons. The molecule has 0 aliphatic carbocycles. The molecule has 1 aromatic heterocycles. The number of carbonyl (C=O) groups is 1. The van der Waals surface area contributed by atoms with Gasteiger partial charge in [0.15, 0.2) is 0 Å². The van der Waals surface area contributed by atoms with Crippen LogP contribution in [0.25, 0.3) is 17.4 Å². The van der Waals surface area contributed by atoms with Crippen LogP contribution >= 0.6 is 23.2 Å². The number of halogens is 2. The minimum absolute atomic E-state index is 0.197. The van der Waals surface area contributed by atoms with Crippen molar-refractivity contribution in [3.8, 4) is 11.3 Å². The Bertz CT molecular complexity index is 656. The Morgan fingerprint density at radius 2 is 2.00 bits per heavy atom. The second-order valence-corrected chi connectivity index (χ2v) is 4.80. The van der Waals surface area contributed by atoms with Gasteiger partial charge in [0.2, 0.25) is 0 Å².